The van der Waals surface area contributed by atoms with Crippen molar-refractivity contribution in [2.24, 2.45) is 5.73 Å². The molecule has 1 aliphatic rings. The van der Waals surface area contributed by atoms with Gasteiger partial charge >= 0.3 is 0 Å². The molecule has 1 fully saturated rings. The Balaban J connectivity index is 1.73. The van der Waals surface area contributed by atoms with Gasteiger partial charge in [0.25, 0.3) is 0 Å². The van der Waals surface area contributed by atoms with Gasteiger partial charge in [-0.05, 0) is 35.4 Å². The van der Waals surface area contributed by atoms with Crippen molar-refractivity contribution in [1.82, 2.24) is 0 Å². The van der Waals surface area contributed by atoms with E-state index in [9.17, 15) is 9.50 Å². The second-order valence-electron chi connectivity index (χ2n) is 6.26. The van der Waals surface area contributed by atoms with E-state index in [1.54, 1.807) is 24.3 Å². The van der Waals surface area contributed by atoms with E-state index in [0.29, 0.717) is 34.4 Å². The summed E-state index contributed by atoms with van der Waals surface area (Å²) in [5.41, 5.74) is 7.08. The van der Waals surface area contributed by atoms with Gasteiger partial charge in [0.15, 0.2) is 11.6 Å². The van der Waals surface area contributed by atoms with Crippen LogP contribution < -0.4 is 10.5 Å². The van der Waals surface area contributed by atoms with E-state index in [-0.39, 0.29) is 11.9 Å². The smallest absolute Gasteiger partial charge is 0.165 e. The van der Waals surface area contributed by atoms with Crippen molar-refractivity contribution in [3.8, 4) is 5.75 Å². The lowest BCUT2D eigenvalue weighted by atomic mass is 9.96. The standard InChI is InChI=1S/C19H20Cl2FNO3/c20-14-3-1-11(9-15(14)21)18(23)19(24)12-2-4-17(16(22)10-12)26-13-5-7-25-8-6-13/h1-4,9-10,13,18-19,24H,5-8,23H2. The summed E-state index contributed by atoms with van der Waals surface area (Å²) in [5.74, 6) is -0.370. The molecule has 0 bridgehead atoms. The first-order chi connectivity index (χ1) is 12.5. The van der Waals surface area contributed by atoms with E-state index >= 15 is 0 Å². The van der Waals surface area contributed by atoms with E-state index < -0.39 is 18.0 Å². The van der Waals surface area contributed by atoms with Crippen molar-refractivity contribution in [2.45, 2.75) is 31.1 Å². The van der Waals surface area contributed by atoms with Gasteiger partial charge in [-0.25, -0.2) is 4.39 Å². The monoisotopic (exact) mass is 399 g/mol. The van der Waals surface area contributed by atoms with Crippen LogP contribution in [0.15, 0.2) is 36.4 Å². The molecule has 2 aromatic carbocycles. The molecule has 140 valence electrons. The number of ether oxygens (including phenoxy) is 2. The topological polar surface area (TPSA) is 64.7 Å². The van der Waals surface area contributed by atoms with Crippen LogP contribution in [0.4, 0.5) is 4.39 Å². The van der Waals surface area contributed by atoms with E-state index in [1.807, 2.05) is 0 Å². The van der Waals surface area contributed by atoms with Gasteiger partial charge in [-0.2, -0.15) is 0 Å². The van der Waals surface area contributed by atoms with Crippen molar-refractivity contribution in [1.29, 1.82) is 0 Å². The molecule has 2 atom stereocenters. The maximum absolute atomic E-state index is 14.4. The van der Waals surface area contributed by atoms with Gasteiger partial charge in [-0.3, -0.25) is 0 Å². The van der Waals surface area contributed by atoms with Gasteiger partial charge < -0.3 is 20.3 Å². The number of rotatable bonds is 5. The van der Waals surface area contributed by atoms with Gasteiger partial charge in [-0.1, -0.05) is 35.3 Å². The van der Waals surface area contributed by atoms with Crippen molar-refractivity contribution >= 4 is 23.2 Å². The van der Waals surface area contributed by atoms with Crippen LogP contribution in [0.5, 0.6) is 5.75 Å². The van der Waals surface area contributed by atoms with Gasteiger partial charge in [0, 0.05) is 12.8 Å². The maximum Gasteiger partial charge on any atom is 0.165 e. The molecule has 0 saturated carbocycles. The zero-order valence-electron chi connectivity index (χ0n) is 14.0. The molecule has 3 rings (SSSR count). The average Bonchev–Trinajstić information content (AvgIpc) is 2.65. The molecule has 0 amide bonds. The van der Waals surface area contributed by atoms with Crippen molar-refractivity contribution in [2.75, 3.05) is 13.2 Å². The largest absolute Gasteiger partial charge is 0.487 e. The molecule has 2 unspecified atom stereocenters. The van der Waals surface area contributed by atoms with Crippen LogP contribution in [0.1, 0.15) is 36.1 Å². The third-order valence-corrected chi connectivity index (χ3v) is 5.17. The number of nitrogens with two attached hydrogens (primary N) is 1. The Kier molecular flexibility index (Phi) is 6.37. The fourth-order valence-electron chi connectivity index (χ4n) is 2.88. The van der Waals surface area contributed by atoms with Crippen LogP contribution in [-0.2, 0) is 4.74 Å². The zero-order valence-corrected chi connectivity index (χ0v) is 15.5. The van der Waals surface area contributed by atoms with Gasteiger partial charge in [-0.15, -0.1) is 0 Å². The molecule has 1 heterocycles. The fraction of sp³-hybridized carbons (Fsp3) is 0.368. The summed E-state index contributed by atoms with van der Waals surface area (Å²) >= 11 is 11.9. The lowest BCUT2D eigenvalue weighted by Crippen LogP contribution is -2.26. The predicted octanol–water partition coefficient (Wildman–Crippen LogP) is 4.42. The number of halogens is 3. The fourth-order valence-corrected chi connectivity index (χ4v) is 3.19. The number of aliphatic hydroxyl groups is 1. The minimum atomic E-state index is -1.10. The Labute approximate surface area is 161 Å². The normalized spacial score (nSPS) is 17.7. The predicted molar refractivity (Wildman–Crippen MR) is 99.2 cm³/mol. The van der Waals surface area contributed by atoms with Crippen LogP contribution in [0.2, 0.25) is 10.0 Å². The SMILES string of the molecule is NC(c1ccc(Cl)c(Cl)c1)C(O)c1ccc(OC2CCOCC2)c(F)c1. The second-order valence-corrected chi connectivity index (χ2v) is 7.08. The first-order valence-electron chi connectivity index (χ1n) is 8.38. The Hall–Kier alpha value is -1.37. The van der Waals surface area contributed by atoms with Crippen LogP contribution >= 0.6 is 23.2 Å². The highest BCUT2D eigenvalue weighted by molar-refractivity contribution is 6.42. The molecule has 7 heteroatoms. The summed E-state index contributed by atoms with van der Waals surface area (Å²) in [6.07, 6.45) is 0.296. The van der Waals surface area contributed by atoms with Crippen LogP contribution in [0, 0.1) is 5.82 Å². The Morgan fingerprint density at radius 2 is 1.77 bits per heavy atom. The Morgan fingerprint density at radius 3 is 2.42 bits per heavy atom. The third-order valence-electron chi connectivity index (χ3n) is 4.43. The molecule has 1 saturated heterocycles. The molecule has 1 aliphatic heterocycles. The summed E-state index contributed by atoms with van der Waals surface area (Å²) in [6, 6.07) is 8.49. The third kappa shape index (κ3) is 4.48. The van der Waals surface area contributed by atoms with Gasteiger partial charge in [0.1, 0.15) is 6.10 Å². The summed E-state index contributed by atoms with van der Waals surface area (Å²) in [6.45, 7) is 1.23. The van der Waals surface area contributed by atoms with E-state index in [0.717, 1.165) is 12.8 Å². The van der Waals surface area contributed by atoms with E-state index in [2.05, 4.69) is 0 Å². The summed E-state index contributed by atoms with van der Waals surface area (Å²) < 4.78 is 25.4. The molecule has 4 nitrogen and oxygen atoms in total. The van der Waals surface area contributed by atoms with Crippen LogP contribution in [-0.4, -0.2) is 24.4 Å². The molecule has 26 heavy (non-hydrogen) atoms. The highest BCUT2D eigenvalue weighted by Crippen LogP contribution is 2.33. The Morgan fingerprint density at radius 1 is 1.08 bits per heavy atom. The number of benzene rings is 2. The molecule has 3 N–H and O–H groups in total. The lowest BCUT2D eigenvalue weighted by Gasteiger charge is -2.24. The zero-order chi connectivity index (χ0) is 18.7. The average molecular weight is 400 g/mol. The van der Waals surface area contributed by atoms with E-state index in [1.165, 1.54) is 12.1 Å². The summed E-state index contributed by atoms with van der Waals surface area (Å²) in [5, 5.41) is 11.3. The second kappa shape index (κ2) is 8.55. The molecule has 0 aliphatic carbocycles. The molecular formula is C19H20Cl2FNO3. The number of aliphatic hydroxyl groups excluding tert-OH is 1. The highest BCUT2D eigenvalue weighted by Gasteiger charge is 2.22. The highest BCUT2D eigenvalue weighted by atomic mass is 35.5. The first-order valence-corrected chi connectivity index (χ1v) is 9.13. The lowest BCUT2D eigenvalue weighted by molar-refractivity contribution is 0.0240. The maximum atomic E-state index is 14.4. The molecule has 0 spiro atoms. The Bertz CT molecular complexity index is 768. The van der Waals surface area contributed by atoms with Crippen molar-refractivity contribution < 1.29 is 19.0 Å². The van der Waals surface area contributed by atoms with Crippen molar-refractivity contribution in [3.05, 3.63) is 63.4 Å². The van der Waals surface area contributed by atoms with Crippen molar-refractivity contribution in [3.63, 3.8) is 0 Å². The van der Waals surface area contributed by atoms with Crippen LogP contribution in [0.3, 0.4) is 0 Å². The molecule has 0 radical (unpaired) electrons. The summed E-state index contributed by atoms with van der Waals surface area (Å²) in [7, 11) is 0. The summed E-state index contributed by atoms with van der Waals surface area (Å²) in [4.78, 5) is 0. The number of hydrogen-bond donors (Lipinski definition) is 2. The first kappa shape index (κ1) is 19.4. The van der Waals surface area contributed by atoms with Gasteiger partial charge in [0.05, 0.1) is 35.4 Å². The molecule has 2 aromatic rings. The molecule has 0 aromatic heterocycles. The quantitative estimate of drug-likeness (QED) is 0.780. The van der Waals surface area contributed by atoms with E-state index in [4.69, 9.17) is 38.4 Å². The molecular weight excluding hydrogens is 380 g/mol. The van der Waals surface area contributed by atoms with Crippen LogP contribution in [0.25, 0.3) is 0 Å². The number of hydrogen-bond acceptors (Lipinski definition) is 4. The van der Waals surface area contributed by atoms with Gasteiger partial charge in [0.2, 0.25) is 0 Å². The minimum absolute atomic E-state index is 0.0625. The minimum Gasteiger partial charge on any atom is -0.487 e.